The van der Waals surface area contributed by atoms with Crippen molar-refractivity contribution in [2.24, 2.45) is 0 Å². The number of carbonyl (C=O) groups is 1. The lowest BCUT2D eigenvalue weighted by Crippen LogP contribution is -2.05. The molecule has 0 aliphatic carbocycles. The largest absolute Gasteiger partial charge is 0.294 e. The third-order valence-corrected chi connectivity index (χ3v) is 1.88. The van der Waals surface area contributed by atoms with Crippen LogP contribution in [0, 0.1) is 10.1 Å². The molecule has 14 heavy (non-hydrogen) atoms. The van der Waals surface area contributed by atoms with Crippen molar-refractivity contribution in [3.8, 4) is 0 Å². The van der Waals surface area contributed by atoms with E-state index >= 15 is 0 Å². The van der Waals surface area contributed by atoms with Gasteiger partial charge in [0, 0.05) is 5.57 Å². The number of rotatable bonds is 4. The summed E-state index contributed by atoms with van der Waals surface area (Å²) in [6.45, 7) is 9.48. The topological polar surface area (TPSA) is 60.2 Å². The fourth-order valence-electron chi connectivity index (χ4n) is 0.867. The van der Waals surface area contributed by atoms with Gasteiger partial charge in [0.1, 0.15) is 5.03 Å². The summed E-state index contributed by atoms with van der Waals surface area (Å²) in [6.07, 6.45) is 0. The van der Waals surface area contributed by atoms with Crippen LogP contribution in [-0.2, 0) is 4.79 Å². The number of nitrogens with zero attached hydrogens (tertiary/aromatic N) is 1. The Labute approximate surface area is 86.7 Å². The molecule has 0 N–H and O–H groups in total. The second-order valence-corrected chi connectivity index (χ2v) is 3.11. The predicted octanol–water partition coefficient (Wildman–Crippen LogP) is 2.43. The van der Waals surface area contributed by atoms with E-state index in [9.17, 15) is 14.9 Å². The minimum Gasteiger partial charge on any atom is -0.294 e. The van der Waals surface area contributed by atoms with E-state index in [1.54, 1.807) is 6.92 Å². The number of hydrogen-bond acceptors (Lipinski definition) is 3. The van der Waals surface area contributed by atoms with Crippen molar-refractivity contribution >= 4 is 17.4 Å². The molecule has 0 aliphatic heterocycles. The quantitative estimate of drug-likeness (QED) is 0.313. The molecular formula is C9H10ClNO3. The van der Waals surface area contributed by atoms with Crippen LogP contribution in [-0.4, -0.2) is 10.7 Å². The highest BCUT2D eigenvalue weighted by molar-refractivity contribution is 6.34. The zero-order valence-corrected chi connectivity index (χ0v) is 8.72. The predicted molar refractivity (Wildman–Crippen MR) is 54.5 cm³/mol. The maximum Gasteiger partial charge on any atom is 0.281 e. The second-order valence-electron chi connectivity index (χ2n) is 2.73. The van der Waals surface area contributed by atoms with Crippen molar-refractivity contribution in [2.75, 3.05) is 0 Å². The van der Waals surface area contributed by atoms with Crippen LogP contribution in [0.4, 0.5) is 0 Å². The molecule has 0 aromatic carbocycles. The van der Waals surface area contributed by atoms with E-state index in [0.717, 1.165) is 0 Å². The lowest BCUT2D eigenvalue weighted by molar-refractivity contribution is -0.419. The minimum atomic E-state index is -0.742. The Hall–Kier alpha value is -1.42. The maximum absolute atomic E-state index is 11.1. The van der Waals surface area contributed by atoms with E-state index in [0.29, 0.717) is 5.57 Å². The van der Waals surface area contributed by atoms with Gasteiger partial charge in [-0.05, 0) is 26.0 Å². The normalized spacial score (nSPS) is 11.6. The molecule has 0 spiro atoms. The van der Waals surface area contributed by atoms with Crippen molar-refractivity contribution in [1.82, 2.24) is 0 Å². The first-order chi connectivity index (χ1) is 6.29. The van der Waals surface area contributed by atoms with Crippen molar-refractivity contribution in [3.05, 3.63) is 45.1 Å². The molecule has 0 bridgehead atoms. The van der Waals surface area contributed by atoms with E-state index in [1.165, 1.54) is 6.92 Å². The number of Topliss-reactive ketones (excluding diaryl/α,β-unsaturated/α-hetero) is 1. The third kappa shape index (κ3) is 2.81. The van der Waals surface area contributed by atoms with Gasteiger partial charge < -0.3 is 0 Å². The fourth-order valence-corrected chi connectivity index (χ4v) is 1.23. The van der Waals surface area contributed by atoms with Gasteiger partial charge >= 0.3 is 0 Å². The molecule has 0 heterocycles. The van der Waals surface area contributed by atoms with Crippen LogP contribution in [0.5, 0.6) is 0 Å². The molecular weight excluding hydrogens is 206 g/mol. The van der Waals surface area contributed by atoms with E-state index in [1.807, 2.05) is 0 Å². The Morgan fingerprint density at radius 1 is 1.36 bits per heavy atom. The Morgan fingerprint density at radius 3 is 2.00 bits per heavy atom. The van der Waals surface area contributed by atoms with Crippen LogP contribution in [0.1, 0.15) is 13.8 Å². The average Bonchev–Trinajstić information content (AvgIpc) is 2.01. The van der Waals surface area contributed by atoms with E-state index in [4.69, 9.17) is 11.6 Å². The number of nitro groups is 1. The van der Waals surface area contributed by atoms with Crippen LogP contribution in [0.15, 0.2) is 35.0 Å². The Bertz CT molecular complexity index is 339. The van der Waals surface area contributed by atoms with E-state index < -0.39 is 10.6 Å². The first-order valence-electron chi connectivity index (χ1n) is 3.69. The number of carbonyl (C=O) groups excluding carboxylic acids is 1. The zero-order valence-electron chi connectivity index (χ0n) is 7.96. The van der Waals surface area contributed by atoms with Gasteiger partial charge in [-0.2, -0.15) is 0 Å². The first kappa shape index (κ1) is 12.6. The molecule has 0 aromatic heterocycles. The van der Waals surface area contributed by atoms with Crippen LogP contribution in [0.3, 0.4) is 0 Å². The Morgan fingerprint density at radius 2 is 1.79 bits per heavy atom. The first-order valence-corrected chi connectivity index (χ1v) is 4.07. The standard InChI is InChI=1S/C9H10ClNO3/c1-5(2)8(7(4)12)9(10)6(3)11(13)14/h1,3H2,2,4H3/b9-8-. The van der Waals surface area contributed by atoms with Gasteiger partial charge in [-0.1, -0.05) is 18.2 Å². The van der Waals surface area contributed by atoms with Gasteiger partial charge in [-0.3, -0.25) is 14.9 Å². The summed E-state index contributed by atoms with van der Waals surface area (Å²) in [6, 6.07) is 0. The monoisotopic (exact) mass is 215 g/mol. The van der Waals surface area contributed by atoms with Crippen molar-refractivity contribution in [1.29, 1.82) is 0 Å². The fraction of sp³-hybridized carbons (Fsp3) is 0.222. The highest BCUT2D eigenvalue weighted by Gasteiger charge is 2.20. The molecule has 0 aliphatic rings. The van der Waals surface area contributed by atoms with Crippen LogP contribution in [0.2, 0.25) is 0 Å². The van der Waals surface area contributed by atoms with Crippen LogP contribution in [0.25, 0.3) is 0 Å². The maximum atomic E-state index is 11.1. The number of halogens is 1. The SMILES string of the molecule is C=C(C)/C(C(C)=O)=C(/Cl)C(=C)[N+](=O)[O-]. The average molecular weight is 216 g/mol. The number of ketones is 1. The molecule has 0 aromatic rings. The number of hydrogen-bond donors (Lipinski definition) is 0. The summed E-state index contributed by atoms with van der Waals surface area (Å²) in [7, 11) is 0. The van der Waals surface area contributed by atoms with Crippen LogP contribution >= 0.6 is 11.6 Å². The second kappa shape index (κ2) is 4.72. The highest BCUT2D eigenvalue weighted by Crippen LogP contribution is 2.23. The van der Waals surface area contributed by atoms with Gasteiger partial charge in [-0.15, -0.1) is 0 Å². The van der Waals surface area contributed by atoms with Crippen molar-refractivity contribution < 1.29 is 9.72 Å². The zero-order chi connectivity index (χ0) is 11.5. The van der Waals surface area contributed by atoms with Gasteiger partial charge in [0.2, 0.25) is 0 Å². The van der Waals surface area contributed by atoms with Crippen molar-refractivity contribution in [2.45, 2.75) is 13.8 Å². The smallest absolute Gasteiger partial charge is 0.281 e. The summed E-state index contributed by atoms with van der Waals surface area (Å²) >= 11 is 5.64. The van der Waals surface area contributed by atoms with Crippen LogP contribution < -0.4 is 0 Å². The lowest BCUT2D eigenvalue weighted by atomic mass is 10.0. The molecule has 4 nitrogen and oxygen atoms in total. The molecule has 0 atom stereocenters. The van der Waals surface area contributed by atoms with E-state index in [2.05, 4.69) is 13.2 Å². The summed E-state index contributed by atoms with van der Waals surface area (Å²) < 4.78 is 0. The Balaban J connectivity index is 5.43. The minimum absolute atomic E-state index is 0.0494. The van der Waals surface area contributed by atoms with Gasteiger partial charge in [-0.25, -0.2) is 0 Å². The van der Waals surface area contributed by atoms with Gasteiger partial charge in [0.25, 0.3) is 5.70 Å². The molecule has 76 valence electrons. The van der Waals surface area contributed by atoms with Gasteiger partial charge in [0.05, 0.1) is 4.92 Å². The molecule has 0 saturated carbocycles. The van der Waals surface area contributed by atoms with E-state index in [-0.39, 0.29) is 16.4 Å². The van der Waals surface area contributed by atoms with Crippen molar-refractivity contribution in [3.63, 3.8) is 0 Å². The molecule has 0 amide bonds. The molecule has 0 rings (SSSR count). The summed E-state index contributed by atoms with van der Waals surface area (Å²) in [5.41, 5.74) is -0.0706. The molecule has 0 radical (unpaired) electrons. The molecule has 0 saturated heterocycles. The summed E-state index contributed by atoms with van der Waals surface area (Å²) in [5, 5.41) is 10.1. The molecule has 0 fully saturated rings. The lowest BCUT2D eigenvalue weighted by Gasteiger charge is -2.04. The third-order valence-electron chi connectivity index (χ3n) is 1.47. The number of allylic oxidation sites excluding steroid dienone is 3. The highest BCUT2D eigenvalue weighted by atomic mass is 35.5. The Kier molecular flexibility index (Phi) is 4.24. The van der Waals surface area contributed by atoms with Gasteiger partial charge in [0.15, 0.2) is 5.78 Å². The molecule has 5 heteroatoms. The molecule has 0 unspecified atom stereocenters. The summed E-state index contributed by atoms with van der Waals surface area (Å²) in [5.74, 6) is -0.370. The summed E-state index contributed by atoms with van der Waals surface area (Å²) in [4.78, 5) is 20.7.